The molecule has 0 bridgehead atoms. The molecule has 2 heterocycles. The number of nitrogens with zero attached hydrogens (tertiary/aromatic N) is 3. The summed E-state index contributed by atoms with van der Waals surface area (Å²) in [7, 11) is 0. The van der Waals surface area contributed by atoms with E-state index in [9.17, 15) is 9.59 Å². The quantitative estimate of drug-likeness (QED) is 0.268. The smallest absolute Gasteiger partial charge is 0.256 e. The van der Waals surface area contributed by atoms with Gasteiger partial charge in [-0.2, -0.15) is 5.10 Å². The standard InChI is InChI=1S/C29H30Cl2N4O3/c1-18-8-11-24(19(2)13-18)35-26(15-25(33-35)29(3,4)5)32-27(36)17-34(16-21-7-6-12-38-21)28(37)22-10-9-20(30)14-23(22)31/h6-15H,16-17H2,1-5H3,(H,32,36). The number of anilines is 1. The van der Waals surface area contributed by atoms with E-state index in [1.807, 2.05) is 32.0 Å². The fourth-order valence-corrected chi connectivity index (χ4v) is 4.53. The molecule has 0 fully saturated rings. The van der Waals surface area contributed by atoms with Crippen molar-refractivity contribution in [1.82, 2.24) is 14.7 Å². The first-order valence-corrected chi connectivity index (χ1v) is 12.9. The lowest BCUT2D eigenvalue weighted by Gasteiger charge is -2.22. The van der Waals surface area contributed by atoms with E-state index in [2.05, 4.69) is 32.2 Å². The van der Waals surface area contributed by atoms with Gasteiger partial charge in [-0.1, -0.05) is 61.7 Å². The van der Waals surface area contributed by atoms with Crippen LogP contribution in [0.25, 0.3) is 5.69 Å². The van der Waals surface area contributed by atoms with Gasteiger partial charge >= 0.3 is 0 Å². The Morgan fingerprint density at radius 2 is 1.82 bits per heavy atom. The minimum atomic E-state index is -0.420. The highest BCUT2D eigenvalue weighted by Crippen LogP contribution is 2.28. The molecule has 0 unspecified atom stereocenters. The number of halogens is 2. The Hall–Kier alpha value is -3.55. The lowest BCUT2D eigenvalue weighted by atomic mass is 9.92. The van der Waals surface area contributed by atoms with Crippen molar-refractivity contribution in [2.24, 2.45) is 0 Å². The van der Waals surface area contributed by atoms with Crippen LogP contribution >= 0.6 is 23.2 Å². The highest BCUT2D eigenvalue weighted by molar-refractivity contribution is 6.36. The van der Waals surface area contributed by atoms with Crippen molar-refractivity contribution in [1.29, 1.82) is 0 Å². The first-order chi connectivity index (χ1) is 17.9. The maximum absolute atomic E-state index is 13.5. The van der Waals surface area contributed by atoms with Crippen LogP contribution in [0.4, 0.5) is 5.82 Å². The van der Waals surface area contributed by atoms with Crippen molar-refractivity contribution >= 4 is 40.8 Å². The number of carbonyl (C=O) groups is 2. The summed E-state index contributed by atoms with van der Waals surface area (Å²) >= 11 is 12.3. The van der Waals surface area contributed by atoms with Gasteiger partial charge in [-0.25, -0.2) is 4.68 Å². The number of hydrogen-bond acceptors (Lipinski definition) is 4. The van der Waals surface area contributed by atoms with E-state index in [0.29, 0.717) is 16.6 Å². The number of aryl methyl sites for hydroxylation is 2. The highest BCUT2D eigenvalue weighted by atomic mass is 35.5. The molecule has 0 radical (unpaired) electrons. The van der Waals surface area contributed by atoms with Crippen LogP contribution in [0.3, 0.4) is 0 Å². The van der Waals surface area contributed by atoms with Crippen LogP contribution in [0.1, 0.15) is 53.7 Å². The van der Waals surface area contributed by atoms with E-state index in [4.69, 9.17) is 32.7 Å². The van der Waals surface area contributed by atoms with Gasteiger partial charge in [0.1, 0.15) is 18.1 Å². The second kappa shape index (κ2) is 11.1. The fraction of sp³-hybridized carbons (Fsp3) is 0.276. The molecule has 4 rings (SSSR count). The van der Waals surface area contributed by atoms with Crippen molar-refractivity contribution in [3.05, 3.63) is 99.1 Å². The first kappa shape index (κ1) is 27.5. The number of rotatable bonds is 7. The van der Waals surface area contributed by atoms with Crippen LogP contribution in [-0.2, 0) is 16.8 Å². The Kier molecular flexibility index (Phi) is 7.99. The number of furan rings is 1. The van der Waals surface area contributed by atoms with E-state index in [1.165, 1.54) is 17.2 Å². The topological polar surface area (TPSA) is 80.4 Å². The average Bonchev–Trinajstić information content (AvgIpc) is 3.48. The van der Waals surface area contributed by atoms with Gasteiger partial charge in [-0.15, -0.1) is 0 Å². The van der Waals surface area contributed by atoms with Gasteiger partial charge in [0.2, 0.25) is 5.91 Å². The molecular formula is C29H30Cl2N4O3. The van der Waals surface area contributed by atoms with Gasteiger partial charge < -0.3 is 14.6 Å². The summed E-state index contributed by atoms with van der Waals surface area (Å²) in [6, 6.07) is 16.0. The van der Waals surface area contributed by atoms with Gasteiger partial charge in [0.05, 0.1) is 34.8 Å². The third-order valence-electron chi connectivity index (χ3n) is 6.04. The molecule has 9 heteroatoms. The van der Waals surface area contributed by atoms with Crippen LogP contribution in [0.15, 0.2) is 65.3 Å². The molecule has 2 aromatic carbocycles. The van der Waals surface area contributed by atoms with Crippen LogP contribution in [0.2, 0.25) is 10.0 Å². The predicted molar refractivity (Wildman–Crippen MR) is 150 cm³/mol. The molecule has 38 heavy (non-hydrogen) atoms. The molecule has 198 valence electrons. The summed E-state index contributed by atoms with van der Waals surface area (Å²) in [5, 5.41) is 8.40. The monoisotopic (exact) mass is 552 g/mol. The maximum Gasteiger partial charge on any atom is 0.256 e. The zero-order valence-electron chi connectivity index (χ0n) is 22.0. The van der Waals surface area contributed by atoms with E-state index in [0.717, 1.165) is 22.5 Å². The Labute approximate surface area is 232 Å². The van der Waals surface area contributed by atoms with E-state index in [1.54, 1.807) is 28.9 Å². The van der Waals surface area contributed by atoms with Crippen molar-refractivity contribution in [3.8, 4) is 5.69 Å². The summed E-state index contributed by atoms with van der Waals surface area (Å²) in [5.74, 6) is 0.242. The Balaban J connectivity index is 1.64. The van der Waals surface area contributed by atoms with E-state index < -0.39 is 5.91 Å². The second-order valence-corrected chi connectivity index (χ2v) is 11.1. The molecular weight excluding hydrogens is 523 g/mol. The third kappa shape index (κ3) is 6.29. The van der Waals surface area contributed by atoms with E-state index in [-0.39, 0.29) is 35.0 Å². The molecule has 0 saturated heterocycles. The van der Waals surface area contributed by atoms with Crippen molar-refractivity contribution in [2.75, 3.05) is 11.9 Å². The predicted octanol–water partition coefficient (Wildman–Crippen LogP) is 6.97. The molecule has 2 aromatic heterocycles. The summed E-state index contributed by atoms with van der Waals surface area (Å²) in [4.78, 5) is 28.2. The Bertz CT molecular complexity index is 1470. The highest BCUT2D eigenvalue weighted by Gasteiger charge is 2.25. The Morgan fingerprint density at radius 3 is 2.45 bits per heavy atom. The first-order valence-electron chi connectivity index (χ1n) is 12.2. The van der Waals surface area contributed by atoms with Crippen LogP contribution in [-0.4, -0.2) is 33.0 Å². The maximum atomic E-state index is 13.5. The van der Waals surface area contributed by atoms with Crippen molar-refractivity contribution < 1.29 is 14.0 Å². The minimum Gasteiger partial charge on any atom is -0.467 e. The van der Waals surface area contributed by atoms with Crippen LogP contribution < -0.4 is 5.32 Å². The molecule has 2 amide bonds. The molecule has 0 saturated carbocycles. The van der Waals surface area contributed by atoms with Gasteiger partial charge in [-0.05, 0) is 55.8 Å². The summed E-state index contributed by atoms with van der Waals surface area (Å²) in [6.07, 6.45) is 1.52. The normalized spacial score (nSPS) is 11.4. The number of benzene rings is 2. The molecule has 0 spiro atoms. The fourth-order valence-electron chi connectivity index (χ4n) is 4.04. The zero-order valence-corrected chi connectivity index (χ0v) is 23.5. The van der Waals surface area contributed by atoms with Gasteiger partial charge in [0, 0.05) is 16.5 Å². The molecule has 0 atom stereocenters. The summed E-state index contributed by atoms with van der Waals surface area (Å²) in [6.45, 7) is 10.1. The molecule has 0 aliphatic rings. The molecule has 7 nitrogen and oxygen atoms in total. The van der Waals surface area contributed by atoms with Gasteiger partial charge in [0.15, 0.2) is 0 Å². The lowest BCUT2D eigenvalue weighted by molar-refractivity contribution is -0.117. The Morgan fingerprint density at radius 1 is 1.05 bits per heavy atom. The largest absolute Gasteiger partial charge is 0.467 e. The third-order valence-corrected chi connectivity index (χ3v) is 6.58. The average molecular weight is 553 g/mol. The number of hydrogen-bond donors (Lipinski definition) is 1. The van der Waals surface area contributed by atoms with E-state index >= 15 is 0 Å². The SMILES string of the molecule is Cc1ccc(-n2nc(C(C)(C)C)cc2NC(=O)CN(Cc2ccco2)C(=O)c2ccc(Cl)cc2Cl)c(C)c1. The second-order valence-electron chi connectivity index (χ2n) is 10.3. The van der Waals surface area contributed by atoms with Crippen LogP contribution in [0.5, 0.6) is 0 Å². The van der Waals surface area contributed by atoms with Crippen molar-refractivity contribution in [3.63, 3.8) is 0 Å². The number of carbonyl (C=O) groups excluding carboxylic acids is 2. The number of aromatic nitrogens is 2. The van der Waals surface area contributed by atoms with Crippen LogP contribution in [0, 0.1) is 13.8 Å². The van der Waals surface area contributed by atoms with Gasteiger partial charge in [-0.3, -0.25) is 9.59 Å². The zero-order chi connectivity index (χ0) is 27.6. The number of amides is 2. The molecule has 4 aromatic rings. The summed E-state index contributed by atoms with van der Waals surface area (Å²) in [5.41, 5.74) is 3.84. The van der Waals surface area contributed by atoms with Gasteiger partial charge in [0.25, 0.3) is 5.91 Å². The van der Waals surface area contributed by atoms with Crippen molar-refractivity contribution in [2.45, 2.75) is 46.6 Å². The molecule has 0 aliphatic carbocycles. The molecule has 0 aliphatic heterocycles. The summed E-state index contributed by atoms with van der Waals surface area (Å²) < 4.78 is 7.18. The number of nitrogens with one attached hydrogen (secondary N) is 1. The minimum absolute atomic E-state index is 0.0851. The molecule has 1 N–H and O–H groups in total. The lowest BCUT2D eigenvalue weighted by Crippen LogP contribution is -2.38.